The zero-order chi connectivity index (χ0) is 35.1. The molecule has 2 aliphatic heterocycles. The summed E-state index contributed by atoms with van der Waals surface area (Å²) in [7, 11) is -3.29. The molecule has 3 aromatic rings. The molecule has 2 fully saturated rings. The standard InChI is InChI=1S/C36H53ClN4O6Si2/c1-36(2,3)49(7,8)47-30-21-45-31-29(20-44-32(30)31)46-35-39-28-19-26(37)33(40-34(28)41(35)22-43-16-17-48(4,5)6)38-27-14-12-24-18-23(10-9-15-42)11-13-25(24)27/h9-11,13,18-19,27,29-32,42H,12,14-17,20-22H2,1-8H3,(H,38,40)/b10-9+/t27-,29+,30+,31+,32+/m0/s1. The highest BCUT2D eigenvalue weighted by Gasteiger charge is 2.52. The van der Waals surface area contributed by atoms with Crippen LogP contribution in [0.1, 0.15) is 49.9 Å². The van der Waals surface area contributed by atoms with Gasteiger partial charge in [-0.2, -0.15) is 4.98 Å². The van der Waals surface area contributed by atoms with Crippen LogP contribution in [0.5, 0.6) is 6.01 Å². The third-order valence-corrected chi connectivity index (χ3v) is 16.8. The number of anilines is 1. The van der Waals surface area contributed by atoms with Crippen molar-refractivity contribution < 1.29 is 28.5 Å². The van der Waals surface area contributed by atoms with Gasteiger partial charge in [0, 0.05) is 14.7 Å². The SMILES string of the molecule is CC(C)(C)[Si](C)(C)O[C@@H]1CO[C@H]2[C@@H]1OC[C@H]2Oc1nc2cc(Cl)c(N[C@H]3CCc4cc(/C=C/CO)ccc43)nc2n1COCC[Si](C)(C)C. The summed E-state index contributed by atoms with van der Waals surface area (Å²) in [5, 5.41) is 13.4. The van der Waals surface area contributed by atoms with Crippen molar-refractivity contribution in [2.24, 2.45) is 0 Å². The van der Waals surface area contributed by atoms with Gasteiger partial charge in [-0.25, -0.2) is 4.98 Å². The Balaban J connectivity index is 1.23. The van der Waals surface area contributed by atoms with Crippen molar-refractivity contribution >= 4 is 51.0 Å². The first-order chi connectivity index (χ1) is 23.1. The summed E-state index contributed by atoms with van der Waals surface area (Å²) in [6, 6.07) is 9.78. The Morgan fingerprint density at radius 2 is 1.80 bits per heavy atom. The maximum Gasteiger partial charge on any atom is 0.301 e. The minimum Gasteiger partial charge on any atom is -0.456 e. The molecule has 0 bridgehead atoms. The zero-order valence-corrected chi connectivity index (χ0v) is 33.0. The number of fused-ring (bicyclic) bond motifs is 3. The fraction of sp³-hybridized carbons (Fsp3) is 0.611. The number of hydrogen-bond acceptors (Lipinski definition) is 9. The predicted molar refractivity (Wildman–Crippen MR) is 200 cm³/mol. The molecule has 3 aliphatic rings. The minimum absolute atomic E-state index is 0.0246. The highest BCUT2D eigenvalue weighted by molar-refractivity contribution is 6.76. The fourth-order valence-electron chi connectivity index (χ4n) is 6.41. The van der Waals surface area contributed by atoms with Crippen molar-refractivity contribution in [3.8, 4) is 6.01 Å². The molecule has 1 aliphatic carbocycles. The molecule has 5 atom stereocenters. The Morgan fingerprint density at radius 3 is 2.51 bits per heavy atom. The van der Waals surface area contributed by atoms with Gasteiger partial charge in [0.05, 0.1) is 37.0 Å². The van der Waals surface area contributed by atoms with Gasteiger partial charge in [0.1, 0.15) is 30.3 Å². The van der Waals surface area contributed by atoms with Gasteiger partial charge in [-0.15, -0.1) is 0 Å². The normalized spacial score (nSPS) is 24.2. The van der Waals surface area contributed by atoms with Crippen LogP contribution in [0, 0.1) is 0 Å². The molecule has 4 heterocycles. The van der Waals surface area contributed by atoms with Crippen molar-refractivity contribution in [3.05, 3.63) is 52.1 Å². The molecule has 0 spiro atoms. The Labute approximate surface area is 297 Å². The van der Waals surface area contributed by atoms with Crippen LogP contribution >= 0.6 is 11.6 Å². The molecule has 2 aromatic heterocycles. The predicted octanol–water partition coefficient (Wildman–Crippen LogP) is 7.44. The second kappa shape index (κ2) is 14.4. The van der Waals surface area contributed by atoms with Gasteiger partial charge in [0.25, 0.3) is 0 Å². The number of imidazole rings is 1. The number of halogens is 1. The largest absolute Gasteiger partial charge is 0.456 e. The smallest absolute Gasteiger partial charge is 0.301 e. The van der Waals surface area contributed by atoms with Crippen LogP contribution in [-0.2, 0) is 31.8 Å². The second-order valence-electron chi connectivity index (χ2n) is 16.3. The van der Waals surface area contributed by atoms with Gasteiger partial charge in [-0.3, -0.25) is 4.57 Å². The van der Waals surface area contributed by atoms with E-state index in [1.807, 2.05) is 16.7 Å². The summed E-state index contributed by atoms with van der Waals surface area (Å²) in [5.41, 5.74) is 4.87. The molecule has 0 radical (unpaired) electrons. The van der Waals surface area contributed by atoms with Crippen LogP contribution in [0.3, 0.4) is 0 Å². The lowest BCUT2D eigenvalue weighted by Gasteiger charge is -2.39. The summed E-state index contributed by atoms with van der Waals surface area (Å²) in [5.74, 6) is 0.597. The molecule has 268 valence electrons. The van der Waals surface area contributed by atoms with Crippen molar-refractivity contribution in [3.63, 3.8) is 0 Å². The maximum atomic E-state index is 9.16. The third-order valence-electron chi connectivity index (χ3n) is 10.3. The average molecular weight is 729 g/mol. The summed E-state index contributed by atoms with van der Waals surface area (Å²) >= 11 is 6.85. The Bertz CT molecular complexity index is 1670. The quantitative estimate of drug-likeness (QED) is 0.137. The van der Waals surface area contributed by atoms with Crippen molar-refractivity contribution in [1.29, 1.82) is 0 Å². The second-order valence-corrected chi connectivity index (χ2v) is 27.1. The van der Waals surface area contributed by atoms with Crippen molar-refractivity contribution in [2.75, 3.05) is 31.7 Å². The minimum atomic E-state index is -2.01. The van der Waals surface area contributed by atoms with Gasteiger partial charge in [-0.1, -0.05) is 82.4 Å². The first kappa shape index (κ1) is 36.5. The van der Waals surface area contributed by atoms with Crippen LogP contribution < -0.4 is 10.1 Å². The van der Waals surface area contributed by atoms with E-state index in [2.05, 4.69) is 77.0 Å². The molecule has 0 saturated carbocycles. The molecule has 49 heavy (non-hydrogen) atoms. The molecular formula is C36H53ClN4O6Si2. The van der Waals surface area contributed by atoms with E-state index in [1.165, 1.54) is 11.1 Å². The molecule has 6 rings (SSSR count). The Kier molecular flexibility index (Phi) is 10.7. The molecule has 1 aromatic carbocycles. The van der Waals surface area contributed by atoms with E-state index in [1.54, 1.807) is 6.08 Å². The van der Waals surface area contributed by atoms with Gasteiger partial charge in [-0.05, 0) is 59.8 Å². The third kappa shape index (κ3) is 8.12. The molecule has 2 N–H and O–H groups in total. The number of aliphatic hydroxyl groups excluding tert-OH is 1. The molecule has 13 heteroatoms. The summed E-state index contributed by atoms with van der Waals surface area (Å²) < 4.78 is 34.0. The number of nitrogens with zero attached hydrogens (tertiary/aromatic N) is 3. The first-order valence-corrected chi connectivity index (χ1v) is 24.5. The lowest BCUT2D eigenvalue weighted by Crippen LogP contribution is -2.47. The van der Waals surface area contributed by atoms with Gasteiger partial charge in [0.2, 0.25) is 0 Å². The van der Waals surface area contributed by atoms with Crippen LogP contribution in [0.2, 0.25) is 48.8 Å². The monoisotopic (exact) mass is 728 g/mol. The van der Waals surface area contributed by atoms with Crippen molar-refractivity contribution in [2.45, 2.75) is 115 Å². The maximum absolute atomic E-state index is 9.16. The number of rotatable bonds is 13. The van der Waals surface area contributed by atoms with Crippen LogP contribution in [0.15, 0.2) is 30.3 Å². The molecule has 2 saturated heterocycles. The zero-order valence-electron chi connectivity index (χ0n) is 30.2. The molecule has 0 amide bonds. The van der Waals surface area contributed by atoms with E-state index >= 15 is 0 Å². The van der Waals surface area contributed by atoms with E-state index in [0.29, 0.717) is 47.8 Å². The van der Waals surface area contributed by atoms with E-state index in [4.69, 9.17) is 50.0 Å². The number of pyridine rings is 1. The number of hydrogen-bond donors (Lipinski definition) is 2. The van der Waals surface area contributed by atoms with E-state index in [9.17, 15) is 0 Å². The van der Waals surface area contributed by atoms with E-state index < -0.39 is 16.4 Å². The number of ether oxygens (including phenoxy) is 4. The molecular weight excluding hydrogens is 676 g/mol. The number of aromatic nitrogens is 3. The van der Waals surface area contributed by atoms with Gasteiger partial charge >= 0.3 is 6.01 Å². The number of nitrogens with one attached hydrogen (secondary N) is 1. The summed E-state index contributed by atoms with van der Waals surface area (Å²) in [6.07, 6.45) is 4.65. The van der Waals surface area contributed by atoms with E-state index in [-0.39, 0.29) is 48.8 Å². The topological polar surface area (TPSA) is 109 Å². The molecule has 0 unspecified atom stereocenters. The number of benzene rings is 1. The van der Waals surface area contributed by atoms with E-state index in [0.717, 1.165) is 24.4 Å². The lowest BCUT2D eigenvalue weighted by atomic mass is 10.0. The Morgan fingerprint density at radius 1 is 1.06 bits per heavy atom. The Hall–Kier alpha value is -2.30. The summed E-state index contributed by atoms with van der Waals surface area (Å²) in [6.45, 7) is 20.1. The summed E-state index contributed by atoms with van der Waals surface area (Å²) in [4.78, 5) is 9.89. The van der Waals surface area contributed by atoms with Crippen LogP contribution in [0.4, 0.5) is 5.82 Å². The number of aliphatic hydroxyl groups is 1. The first-order valence-electron chi connectivity index (χ1n) is 17.5. The highest BCUT2D eigenvalue weighted by atomic mass is 35.5. The lowest BCUT2D eigenvalue weighted by molar-refractivity contribution is 0.00687. The van der Waals surface area contributed by atoms with Crippen LogP contribution in [0.25, 0.3) is 17.2 Å². The van der Waals surface area contributed by atoms with Gasteiger partial charge in [0.15, 0.2) is 20.1 Å². The van der Waals surface area contributed by atoms with Crippen LogP contribution in [-0.4, -0.2) is 86.9 Å². The molecule has 10 nitrogen and oxygen atoms in total. The van der Waals surface area contributed by atoms with Crippen molar-refractivity contribution in [1.82, 2.24) is 14.5 Å². The highest BCUT2D eigenvalue weighted by Crippen LogP contribution is 2.41. The number of aryl methyl sites for hydroxylation is 1. The average Bonchev–Trinajstić information content (AvgIpc) is 3.78. The van der Waals surface area contributed by atoms with Gasteiger partial charge < -0.3 is 33.8 Å². The fourth-order valence-corrected chi connectivity index (χ4v) is 8.68.